The first-order valence-electron chi connectivity index (χ1n) is 18.8. The average molecular weight is 643 g/mol. The fourth-order valence-corrected chi connectivity index (χ4v) is 6.89. The normalized spacial score (nSPS) is 12.3. The molecule has 8 aromatic carbocycles. The zero-order valence-electron chi connectivity index (χ0n) is 31.2. The van der Waals surface area contributed by atoms with Crippen LogP contribution in [0.3, 0.4) is 0 Å². The van der Waals surface area contributed by atoms with Gasteiger partial charge < -0.3 is 9.47 Å². The highest BCUT2D eigenvalue weighted by Gasteiger charge is 2.18. The first kappa shape index (κ1) is 25.4. The first-order chi connectivity index (χ1) is 26.5. The zero-order valence-corrected chi connectivity index (χ0v) is 27.2. The lowest BCUT2D eigenvalue weighted by Crippen LogP contribution is -2.09. The number of rotatable bonds is 7. The minimum atomic E-state index is -0.121. The van der Waals surface area contributed by atoms with E-state index in [9.17, 15) is 5.48 Å². The van der Waals surface area contributed by atoms with E-state index in [0.29, 0.717) is 5.56 Å². The fraction of sp³-hybridized carbons (Fsp3) is 0. The first-order valence-corrected chi connectivity index (χ1v) is 16.8. The van der Waals surface area contributed by atoms with Gasteiger partial charge in [0.15, 0.2) is 0 Å². The lowest BCUT2D eigenvalue weighted by atomic mass is 10.0. The van der Waals surface area contributed by atoms with Crippen molar-refractivity contribution in [2.75, 3.05) is 4.90 Å². The minimum Gasteiger partial charge on any atom is -0.311 e. The van der Waals surface area contributed by atoms with Gasteiger partial charge in [0, 0.05) is 39.1 Å². The van der Waals surface area contributed by atoms with Crippen LogP contribution in [0.4, 0.5) is 17.1 Å². The molecule has 0 aliphatic carbocycles. The van der Waals surface area contributed by atoms with Crippen molar-refractivity contribution in [2.45, 2.75) is 0 Å². The van der Waals surface area contributed by atoms with Crippen LogP contribution in [0.15, 0.2) is 206 Å². The second-order valence-corrected chi connectivity index (χ2v) is 12.3. The lowest BCUT2D eigenvalue weighted by molar-refractivity contribution is 1.18. The monoisotopic (exact) mass is 642 g/mol. The fourth-order valence-electron chi connectivity index (χ4n) is 6.89. The van der Waals surface area contributed by atoms with E-state index in [1.165, 1.54) is 0 Å². The third-order valence-corrected chi connectivity index (χ3v) is 9.28. The van der Waals surface area contributed by atoms with Gasteiger partial charge in [-0.15, -0.1) is 0 Å². The largest absolute Gasteiger partial charge is 0.311 e. The van der Waals surface area contributed by atoms with E-state index in [0.717, 1.165) is 61.1 Å². The van der Waals surface area contributed by atoms with Crippen molar-refractivity contribution in [2.24, 2.45) is 0 Å². The molecule has 236 valence electrons. The standard InChI is InChI=1S/C48H34N2/c1-4-13-35(14-5-1)37-23-29-41(30-24-37)49(42-31-25-38(26-32-42)36-15-6-2-7-16-36)43-33-27-39(28-34-43)44-20-12-21-46-45-19-10-11-22-47(45)50(48(44)46)40-17-8-3-9-18-40/h1-34H/i27D,28D,33D,34D. The molecule has 0 spiro atoms. The van der Waals surface area contributed by atoms with E-state index in [-0.39, 0.29) is 35.4 Å². The third-order valence-electron chi connectivity index (χ3n) is 9.28. The third kappa shape index (κ3) is 5.34. The molecule has 2 nitrogen and oxygen atoms in total. The van der Waals surface area contributed by atoms with Crippen molar-refractivity contribution in [3.05, 3.63) is 206 Å². The van der Waals surface area contributed by atoms with E-state index < -0.39 is 0 Å². The van der Waals surface area contributed by atoms with Gasteiger partial charge in [0.25, 0.3) is 0 Å². The van der Waals surface area contributed by atoms with Gasteiger partial charge in [-0.1, -0.05) is 152 Å². The smallest absolute Gasteiger partial charge is 0.0645 e. The molecule has 0 bridgehead atoms. The Kier molecular flexibility index (Phi) is 6.48. The molecule has 0 unspecified atom stereocenters. The lowest BCUT2D eigenvalue weighted by Gasteiger charge is -2.26. The summed E-state index contributed by atoms with van der Waals surface area (Å²) in [5, 5.41) is 2.03. The van der Waals surface area contributed by atoms with Crippen molar-refractivity contribution in [3.63, 3.8) is 0 Å². The van der Waals surface area contributed by atoms with Gasteiger partial charge in [0.2, 0.25) is 0 Å². The molecule has 0 aliphatic rings. The van der Waals surface area contributed by atoms with Gasteiger partial charge in [-0.2, -0.15) is 0 Å². The number of hydrogen-bond donors (Lipinski definition) is 0. The molecule has 0 amide bonds. The molecule has 9 rings (SSSR count). The van der Waals surface area contributed by atoms with Gasteiger partial charge in [-0.3, -0.25) is 0 Å². The minimum absolute atomic E-state index is 0.102. The molecule has 2 heteroatoms. The highest BCUT2D eigenvalue weighted by Crippen LogP contribution is 2.41. The van der Waals surface area contributed by atoms with Crippen LogP contribution in [-0.2, 0) is 0 Å². The summed E-state index contributed by atoms with van der Waals surface area (Å²) in [6.07, 6.45) is 0. The maximum atomic E-state index is 9.60. The maximum absolute atomic E-state index is 9.60. The van der Waals surface area contributed by atoms with E-state index >= 15 is 0 Å². The summed E-state index contributed by atoms with van der Waals surface area (Å²) in [5.74, 6) is 0. The predicted molar refractivity (Wildman–Crippen MR) is 212 cm³/mol. The summed E-state index contributed by atoms with van der Waals surface area (Å²) in [5.41, 5.74) is 9.56. The summed E-state index contributed by atoms with van der Waals surface area (Å²) in [6, 6.07) is 60.0. The van der Waals surface area contributed by atoms with Crippen LogP contribution in [0.5, 0.6) is 0 Å². The molecule has 0 radical (unpaired) electrons. The zero-order chi connectivity index (χ0) is 36.8. The van der Waals surface area contributed by atoms with E-state index in [1.54, 1.807) is 0 Å². The quantitative estimate of drug-likeness (QED) is 0.168. The molecule has 0 saturated heterocycles. The molecule has 1 heterocycles. The van der Waals surface area contributed by atoms with Crippen LogP contribution >= 0.6 is 0 Å². The Labute approximate surface area is 298 Å². The van der Waals surface area contributed by atoms with Crippen molar-refractivity contribution in [1.82, 2.24) is 4.57 Å². The predicted octanol–water partition coefficient (Wildman–Crippen LogP) is 13.3. The van der Waals surface area contributed by atoms with E-state index in [2.05, 4.69) is 47.0 Å². The van der Waals surface area contributed by atoms with Crippen molar-refractivity contribution in [3.8, 4) is 39.1 Å². The molecule has 0 atom stereocenters. The van der Waals surface area contributed by atoms with Gasteiger partial charge in [-0.25, -0.2) is 0 Å². The highest BCUT2D eigenvalue weighted by atomic mass is 15.1. The molecule has 1 aromatic heterocycles. The second-order valence-electron chi connectivity index (χ2n) is 12.3. The van der Waals surface area contributed by atoms with Crippen molar-refractivity contribution >= 4 is 38.9 Å². The number of nitrogens with zero attached hydrogens (tertiary/aromatic N) is 2. The molecule has 0 aliphatic heterocycles. The molecular formula is C48H34N2. The van der Waals surface area contributed by atoms with Crippen LogP contribution in [0.25, 0.3) is 60.9 Å². The summed E-state index contributed by atoms with van der Waals surface area (Å²) < 4.78 is 40.5. The van der Waals surface area contributed by atoms with E-state index in [1.807, 2.05) is 144 Å². The molecule has 50 heavy (non-hydrogen) atoms. The highest BCUT2D eigenvalue weighted by molar-refractivity contribution is 6.13. The van der Waals surface area contributed by atoms with Gasteiger partial charge in [0.05, 0.1) is 16.5 Å². The molecule has 0 fully saturated rings. The maximum Gasteiger partial charge on any atom is 0.0645 e. The van der Waals surface area contributed by atoms with Crippen LogP contribution < -0.4 is 4.90 Å². The summed E-state index contributed by atoms with van der Waals surface area (Å²) in [6.45, 7) is 0. The number of fused-ring (bicyclic) bond motifs is 3. The van der Waals surface area contributed by atoms with Gasteiger partial charge in [-0.05, 0) is 82.4 Å². The van der Waals surface area contributed by atoms with Gasteiger partial charge >= 0.3 is 0 Å². The van der Waals surface area contributed by atoms with Crippen LogP contribution in [-0.4, -0.2) is 4.57 Å². The van der Waals surface area contributed by atoms with Crippen LogP contribution in [0.2, 0.25) is 0 Å². The Morgan fingerprint density at radius 3 is 1.42 bits per heavy atom. The van der Waals surface area contributed by atoms with Gasteiger partial charge in [0.1, 0.15) is 0 Å². The Morgan fingerprint density at radius 2 is 0.840 bits per heavy atom. The second kappa shape index (κ2) is 12.8. The Morgan fingerprint density at radius 1 is 0.360 bits per heavy atom. The number of anilines is 3. The SMILES string of the molecule is [2H]c1c([2H])c(N(c2ccc(-c3ccccc3)cc2)c2ccc(-c3ccccc3)cc2)c([2H])c([2H])c1-c1cccc2c3ccccc3n(-c3ccccc3)c12. The molecular weight excluding hydrogens is 605 g/mol. The number of hydrogen-bond acceptors (Lipinski definition) is 1. The van der Waals surface area contributed by atoms with Crippen molar-refractivity contribution in [1.29, 1.82) is 0 Å². The molecule has 0 N–H and O–H groups in total. The molecule has 9 aromatic rings. The topological polar surface area (TPSA) is 8.17 Å². The van der Waals surface area contributed by atoms with Crippen molar-refractivity contribution < 1.29 is 5.48 Å². The number of aromatic nitrogens is 1. The Hall–Kier alpha value is -6.64. The Bertz CT molecular complexity index is 2670. The molecule has 0 saturated carbocycles. The number of para-hydroxylation sites is 3. The summed E-state index contributed by atoms with van der Waals surface area (Å²) >= 11 is 0. The van der Waals surface area contributed by atoms with Crippen LogP contribution in [0.1, 0.15) is 5.48 Å². The van der Waals surface area contributed by atoms with E-state index in [4.69, 9.17) is 0 Å². The number of benzene rings is 8. The summed E-state index contributed by atoms with van der Waals surface area (Å²) in [4.78, 5) is 1.84. The summed E-state index contributed by atoms with van der Waals surface area (Å²) in [7, 11) is 0. The van der Waals surface area contributed by atoms with Crippen LogP contribution in [0, 0.1) is 0 Å². The average Bonchev–Trinajstić information content (AvgIpc) is 3.58. The Balaban J connectivity index is 1.25.